The number of hydrogen-bond acceptors (Lipinski definition) is 4. The molecular formula is C23H29FN4O2. The van der Waals surface area contributed by atoms with Crippen molar-refractivity contribution in [1.82, 2.24) is 14.9 Å². The number of likely N-dealkylation sites (tertiary alicyclic amines) is 1. The van der Waals surface area contributed by atoms with Crippen LogP contribution >= 0.6 is 0 Å². The molecule has 1 aromatic carbocycles. The first-order valence-corrected chi connectivity index (χ1v) is 10.6. The first-order valence-electron chi connectivity index (χ1n) is 10.6. The Morgan fingerprint density at radius 3 is 2.80 bits per heavy atom. The number of nitrogens with one attached hydrogen (secondary N) is 1. The van der Waals surface area contributed by atoms with E-state index in [9.17, 15) is 9.18 Å². The molecule has 4 atom stereocenters. The number of amides is 2. The van der Waals surface area contributed by atoms with E-state index in [0.29, 0.717) is 24.0 Å². The Labute approximate surface area is 176 Å². The number of ether oxygens (including phenoxy) is 1. The highest BCUT2D eigenvalue weighted by molar-refractivity contribution is 5.92. The predicted octanol–water partition coefficient (Wildman–Crippen LogP) is 4.79. The van der Waals surface area contributed by atoms with E-state index in [0.717, 1.165) is 42.8 Å². The number of hydrogen-bond donors (Lipinski definition) is 1. The maximum atomic E-state index is 13.3. The second kappa shape index (κ2) is 7.95. The van der Waals surface area contributed by atoms with E-state index in [1.807, 2.05) is 36.9 Å². The lowest BCUT2D eigenvalue weighted by Crippen LogP contribution is -2.76. The van der Waals surface area contributed by atoms with Gasteiger partial charge in [0, 0.05) is 23.9 Å². The molecule has 160 valence electrons. The standard InChI is InChI=1S/C23H29FN4O2/c1-5-30-16(4)23-10-14(2)8-19(11-23)28(23)22(29)27-18-7-6-15(3)20(9-18)21-25-12-17(24)13-26-21/h6-7,9,12-14,16,19H,5,8,10-11H2,1-4H3,(H,27,29)/t14-,16+,19?,23?/m1/s1. The molecule has 2 bridgehead atoms. The summed E-state index contributed by atoms with van der Waals surface area (Å²) in [6.45, 7) is 8.90. The van der Waals surface area contributed by atoms with Crippen LogP contribution in [-0.4, -0.2) is 45.2 Å². The van der Waals surface area contributed by atoms with Crippen molar-refractivity contribution in [3.8, 4) is 11.4 Å². The van der Waals surface area contributed by atoms with Crippen LogP contribution in [0.5, 0.6) is 0 Å². The highest BCUT2D eigenvalue weighted by Crippen LogP contribution is 2.52. The van der Waals surface area contributed by atoms with Gasteiger partial charge in [-0.2, -0.15) is 0 Å². The van der Waals surface area contributed by atoms with E-state index in [-0.39, 0.29) is 23.7 Å². The number of aryl methyl sites for hydroxylation is 1. The van der Waals surface area contributed by atoms with E-state index in [4.69, 9.17) is 4.74 Å². The van der Waals surface area contributed by atoms with Gasteiger partial charge in [-0.1, -0.05) is 13.0 Å². The third-order valence-electron chi connectivity index (χ3n) is 6.55. The number of anilines is 1. The van der Waals surface area contributed by atoms with Crippen molar-refractivity contribution < 1.29 is 13.9 Å². The van der Waals surface area contributed by atoms with Gasteiger partial charge in [0.2, 0.25) is 0 Å². The first kappa shape index (κ1) is 20.7. The van der Waals surface area contributed by atoms with Crippen molar-refractivity contribution in [2.45, 2.75) is 64.6 Å². The zero-order valence-corrected chi connectivity index (χ0v) is 18.0. The van der Waals surface area contributed by atoms with Gasteiger partial charge in [-0.05, 0) is 63.6 Å². The second-order valence-electron chi connectivity index (χ2n) is 8.66. The number of halogens is 1. The molecule has 2 amide bonds. The van der Waals surface area contributed by atoms with Crippen molar-refractivity contribution in [2.75, 3.05) is 11.9 Å². The fraction of sp³-hybridized carbons (Fsp3) is 0.522. The summed E-state index contributed by atoms with van der Waals surface area (Å²) in [6, 6.07) is 5.78. The molecule has 2 heterocycles. The number of piperidine rings is 1. The summed E-state index contributed by atoms with van der Waals surface area (Å²) < 4.78 is 19.1. The lowest BCUT2D eigenvalue weighted by molar-refractivity contribution is -0.162. The van der Waals surface area contributed by atoms with Gasteiger partial charge in [0.05, 0.1) is 24.0 Å². The molecule has 1 saturated carbocycles. The number of nitrogens with zero attached hydrogens (tertiary/aromatic N) is 3. The summed E-state index contributed by atoms with van der Waals surface area (Å²) in [4.78, 5) is 23.4. The van der Waals surface area contributed by atoms with Crippen LogP contribution in [0.2, 0.25) is 0 Å². The average Bonchev–Trinajstić information content (AvgIpc) is 2.69. The van der Waals surface area contributed by atoms with E-state index in [1.165, 1.54) is 0 Å². The monoisotopic (exact) mass is 412 g/mol. The summed E-state index contributed by atoms with van der Waals surface area (Å²) >= 11 is 0. The minimum absolute atomic E-state index is 0.00607. The van der Waals surface area contributed by atoms with Crippen LogP contribution in [0.25, 0.3) is 11.4 Å². The summed E-state index contributed by atoms with van der Waals surface area (Å²) in [7, 11) is 0. The second-order valence-corrected chi connectivity index (χ2v) is 8.66. The smallest absolute Gasteiger partial charge is 0.322 e. The van der Waals surface area contributed by atoms with Crippen LogP contribution in [-0.2, 0) is 4.74 Å². The number of rotatable bonds is 5. The third-order valence-corrected chi connectivity index (χ3v) is 6.55. The Balaban J connectivity index is 1.56. The molecule has 1 aromatic heterocycles. The van der Waals surface area contributed by atoms with E-state index >= 15 is 0 Å². The minimum atomic E-state index is -0.479. The van der Waals surface area contributed by atoms with Gasteiger partial charge in [-0.15, -0.1) is 0 Å². The minimum Gasteiger partial charge on any atom is -0.376 e. The van der Waals surface area contributed by atoms with E-state index < -0.39 is 5.82 Å². The number of fused-ring (bicyclic) bond motifs is 2. The molecule has 30 heavy (non-hydrogen) atoms. The maximum Gasteiger partial charge on any atom is 0.322 e. The zero-order chi connectivity index (χ0) is 21.5. The van der Waals surface area contributed by atoms with Crippen molar-refractivity contribution in [1.29, 1.82) is 0 Å². The van der Waals surface area contributed by atoms with Gasteiger partial charge in [-0.25, -0.2) is 19.2 Å². The van der Waals surface area contributed by atoms with Crippen molar-refractivity contribution in [3.05, 3.63) is 42.0 Å². The van der Waals surface area contributed by atoms with Crippen molar-refractivity contribution >= 4 is 11.7 Å². The lowest BCUT2D eigenvalue weighted by atomic mass is 9.62. The number of carbonyl (C=O) groups is 1. The van der Waals surface area contributed by atoms with Gasteiger partial charge in [-0.3, -0.25) is 0 Å². The Kier molecular flexibility index (Phi) is 5.49. The Hall–Kier alpha value is -2.54. The molecular weight excluding hydrogens is 383 g/mol. The summed E-state index contributed by atoms with van der Waals surface area (Å²) in [5, 5.41) is 3.06. The number of carbonyl (C=O) groups excluding carboxylic acids is 1. The number of aromatic nitrogens is 2. The van der Waals surface area contributed by atoms with Gasteiger partial charge < -0.3 is 15.0 Å². The van der Waals surface area contributed by atoms with Gasteiger partial charge >= 0.3 is 6.03 Å². The first-order chi connectivity index (χ1) is 14.3. The fourth-order valence-corrected chi connectivity index (χ4v) is 5.25. The zero-order valence-electron chi connectivity index (χ0n) is 18.0. The molecule has 1 N–H and O–H groups in total. The van der Waals surface area contributed by atoms with Crippen LogP contribution in [0, 0.1) is 18.7 Å². The molecule has 2 aliphatic rings. The van der Waals surface area contributed by atoms with E-state index in [1.54, 1.807) is 0 Å². The molecule has 4 rings (SSSR count). The normalized spacial score (nSPS) is 26.1. The Morgan fingerprint density at radius 2 is 2.10 bits per heavy atom. The molecule has 2 fully saturated rings. The van der Waals surface area contributed by atoms with Gasteiger partial charge in [0.15, 0.2) is 11.6 Å². The number of urea groups is 1. The van der Waals surface area contributed by atoms with Crippen LogP contribution in [0.1, 0.15) is 45.6 Å². The molecule has 7 heteroatoms. The molecule has 0 radical (unpaired) electrons. The van der Waals surface area contributed by atoms with Crippen LogP contribution in [0.15, 0.2) is 30.6 Å². The highest BCUT2D eigenvalue weighted by atomic mass is 19.1. The Morgan fingerprint density at radius 1 is 1.37 bits per heavy atom. The van der Waals surface area contributed by atoms with Crippen LogP contribution < -0.4 is 5.32 Å². The topological polar surface area (TPSA) is 67.3 Å². The summed E-state index contributed by atoms with van der Waals surface area (Å²) in [5.74, 6) is 0.534. The fourth-order valence-electron chi connectivity index (χ4n) is 5.25. The molecule has 1 saturated heterocycles. The third kappa shape index (κ3) is 3.55. The molecule has 0 spiro atoms. The predicted molar refractivity (Wildman–Crippen MR) is 114 cm³/mol. The Bertz CT molecular complexity index is 935. The molecule has 1 aliphatic carbocycles. The summed E-state index contributed by atoms with van der Waals surface area (Å²) in [6.07, 6.45) is 5.27. The van der Waals surface area contributed by atoms with Crippen LogP contribution in [0.3, 0.4) is 0 Å². The SMILES string of the molecule is CCO[C@@H](C)C12CC(C[C@@H](C)C1)N2C(=O)Nc1ccc(C)c(-c2ncc(F)cn2)c1. The van der Waals surface area contributed by atoms with Crippen molar-refractivity contribution in [3.63, 3.8) is 0 Å². The van der Waals surface area contributed by atoms with Gasteiger partial charge in [0.1, 0.15) is 0 Å². The molecule has 6 nitrogen and oxygen atoms in total. The highest BCUT2D eigenvalue weighted by Gasteiger charge is 2.61. The molecule has 2 unspecified atom stereocenters. The van der Waals surface area contributed by atoms with Crippen molar-refractivity contribution in [2.24, 2.45) is 5.92 Å². The molecule has 2 aromatic rings. The maximum absolute atomic E-state index is 13.3. The van der Waals surface area contributed by atoms with Gasteiger partial charge in [0.25, 0.3) is 0 Å². The quantitative estimate of drug-likeness (QED) is 0.767. The van der Waals surface area contributed by atoms with Crippen LogP contribution in [0.4, 0.5) is 14.9 Å². The number of benzene rings is 1. The lowest BCUT2D eigenvalue weighted by Gasteiger charge is -2.65. The van der Waals surface area contributed by atoms with E-state index in [2.05, 4.69) is 29.1 Å². The summed E-state index contributed by atoms with van der Waals surface area (Å²) in [5.41, 5.74) is 2.15. The average molecular weight is 413 g/mol. The largest absolute Gasteiger partial charge is 0.376 e. The molecule has 1 aliphatic heterocycles.